The molecule has 0 aromatic heterocycles. The van der Waals surface area contributed by atoms with Crippen LogP contribution in [0.2, 0.25) is 0 Å². The van der Waals surface area contributed by atoms with Crippen LogP contribution in [0, 0.1) is 5.92 Å². The summed E-state index contributed by atoms with van der Waals surface area (Å²) in [6, 6.07) is 0.0239. The molecule has 5 nitrogen and oxygen atoms in total. The maximum absolute atomic E-state index is 11.9. The third kappa shape index (κ3) is 3.84. The van der Waals surface area contributed by atoms with Crippen LogP contribution >= 0.6 is 0 Å². The number of hydrogen-bond donors (Lipinski definition) is 2. The number of nitrogens with one attached hydrogen (secondary N) is 2. The van der Waals surface area contributed by atoms with E-state index in [0.717, 1.165) is 0 Å². The highest BCUT2D eigenvalue weighted by Crippen LogP contribution is 2.13. The number of carbonyl (C=O) groups is 1. The zero-order chi connectivity index (χ0) is 12.1. The van der Waals surface area contributed by atoms with E-state index >= 15 is 0 Å². The lowest BCUT2D eigenvalue weighted by Gasteiger charge is -2.19. The minimum atomic E-state index is -0.886. The lowest BCUT2D eigenvalue weighted by molar-refractivity contribution is -0.125. The summed E-state index contributed by atoms with van der Waals surface area (Å²) in [7, 11) is 0.938. The van der Waals surface area contributed by atoms with E-state index in [1.54, 1.807) is 6.26 Å². The molecule has 1 amide bonds. The van der Waals surface area contributed by atoms with Crippen molar-refractivity contribution in [2.24, 2.45) is 5.92 Å². The van der Waals surface area contributed by atoms with Crippen molar-refractivity contribution in [1.82, 2.24) is 10.6 Å². The van der Waals surface area contributed by atoms with Crippen LogP contribution in [-0.2, 0) is 20.3 Å². The maximum Gasteiger partial charge on any atom is 0.227 e. The molecule has 94 valence electrons. The molecule has 0 spiro atoms. The molecule has 1 heterocycles. The lowest BCUT2D eigenvalue weighted by Crippen LogP contribution is -2.46. The van der Waals surface area contributed by atoms with Crippen molar-refractivity contribution >= 4 is 16.7 Å². The quantitative estimate of drug-likeness (QED) is 0.662. The van der Waals surface area contributed by atoms with E-state index in [9.17, 15) is 9.00 Å². The molecule has 4 atom stereocenters. The van der Waals surface area contributed by atoms with E-state index < -0.39 is 10.8 Å². The van der Waals surface area contributed by atoms with Crippen LogP contribution in [0.3, 0.4) is 0 Å². The van der Waals surface area contributed by atoms with Gasteiger partial charge in [-0.15, -0.1) is 0 Å². The molecule has 0 aromatic rings. The normalized spacial score (nSPS) is 28.7. The van der Waals surface area contributed by atoms with E-state index in [4.69, 9.17) is 4.74 Å². The van der Waals surface area contributed by atoms with Gasteiger partial charge >= 0.3 is 0 Å². The van der Waals surface area contributed by atoms with Crippen LogP contribution in [0.15, 0.2) is 0 Å². The Balaban J connectivity index is 2.42. The van der Waals surface area contributed by atoms with Crippen molar-refractivity contribution in [3.8, 4) is 0 Å². The Kier molecular flexibility index (Phi) is 5.37. The molecule has 1 rings (SSSR count). The minimum Gasteiger partial charge on any atom is -0.379 e. The zero-order valence-corrected chi connectivity index (χ0v) is 10.8. The molecule has 16 heavy (non-hydrogen) atoms. The van der Waals surface area contributed by atoms with Gasteiger partial charge in [-0.2, -0.15) is 0 Å². The number of hydrogen-bond acceptors (Lipinski definition) is 4. The Morgan fingerprint density at radius 3 is 2.81 bits per heavy atom. The maximum atomic E-state index is 11.9. The Morgan fingerprint density at radius 1 is 1.56 bits per heavy atom. The van der Waals surface area contributed by atoms with E-state index in [1.807, 2.05) is 14.0 Å². The molecule has 1 aliphatic heterocycles. The fourth-order valence-electron chi connectivity index (χ4n) is 1.84. The standard InChI is InChI=1S/C10H20N2O3S/c1-7(6-16(3)14)12-10(13)8-4-15-5-9(8)11-2/h7-9,11H,4-6H2,1-3H3,(H,12,13). The van der Waals surface area contributed by atoms with Gasteiger partial charge in [0.15, 0.2) is 0 Å². The average Bonchev–Trinajstić information content (AvgIpc) is 2.63. The molecule has 1 fully saturated rings. The number of rotatable bonds is 5. The molecule has 1 saturated heterocycles. The monoisotopic (exact) mass is 248 g/mol. The smallest absolute Gasteiger partial charge is 0.227 e. The summed E-state index contributed by atoms with van der Waals surface area (Å²) >= 11 is 0. The van der Waals surface area contributed by atoms with E-state index in [0.29, 0.717) is 19.0 Å². The van der Waals surface area contributed by atoms with Gasteiger partial charge < -0.3 is 15.4 Å². The first kappa shape index (κ1) is 13.6. The molecule has 0 saturated carbocycles. The summed E-state index contributed by atoms with van der Waals surface area (Å²) in [5.41, 5.74) is 0. The predicted molar refractivity (Wildman–Crippen MR) is 63.7 cm³/mol. The second kappa shape index (κ2) is 6.32. The minimum absolute atomic E-state index is 0.0187. The van der Waals surface area contributed by atoms with Gasteiger partial charge in [-0.25, -0.2) is 0 Å². The summed E-state index contributed by atoms with van der Waals surface area (Å²) in [6.07, 6.45) is 1.64. The molecule has 0 radical (unpaired) electrons. The molecule has 4 unspecified atom stereocenters. The van der Waals surface area contributed by atoms with Crippen molar-refractivity contribution in [2.75, 3.05) is 32.3 Å². The van der Waals surface area contributed by atoms with Crippen LogP contribution < -0.4 is 10.6 Å². The van der Waals surface area contributed by atoms with Crippen LogP contribution in [0.1, 0.15) is 6.92 Å². The molecular formula is C10H20N2O3S. The molecule has 0 aliphatic carbocycles. The van der Waals surface area contributed by atoms with Gasteiger partial charge in [0.1, 0.15) is 0 Å². The number of likely N-dealkylation sites (N-methyl/N-ethyl adjacent to an activating group) is 1. The Bertz CT molecular complexity index is 273. The van der Waals surface area contributed by atoms with Gasteiger partial charge in [0.25, 0.3) is 0 Å². The molecule has 1 aliphatic rings. The van der Waals surface area contributed by atoms with Gasteiger partial charge in [0.2, 0.25) is 5.91 Å². The predicted octanol–water partition coefficient (Wildman–Crippen LogP) is -0.896. The van der Waals surface area contributed by atoms with Crippen molar-refractivity contribution in [3.05, 3.63) is 0 Å². The van der Waals surface area contributed by atoms with Crippen molar-refractivity contribution in [2.45, 2.75) is 19.0 Å². The van der Waals surface area contributed by atoms with E-state index in [1.165, 1.54) is 0 Å². The van der Waals surface area contributed by atoms with Gasteiger partial charge in [0.05, 0.1) is 19.1 Å². The van der Waals surface area contributed by atoms with Crippen molar-refractivity contribution in [1.29, 1.82) is 0 Å². The van der Waals surface area contributed by atoms with Crippen molar-refractivity contribution < 1.29 is 13.7 Å². The fourth-order valence-corrected chi connectivity index (χ4v) is 2.63. The van der Waals surface area contributed by atoms with Gasteiger partial charge in [0, 0.05) is 34.9 Å². The van der Waals surface area contributed by atoms with Crippen LogP contribution in [0.25, 0.3) is 0 Å². The molecule has 0 aromatic carbocycles. The van der Waals surface area contributed by atoms with Crippen LogP contribution in [0.5, 0.6) is 0 Å². The first-order valence-corrected chi connectivity index (χ1v) is 7.12. The third-order valence-electron chi connectivity index (χ3n) is 2.66. The largest absolute Gasteiger partial charge is 0.379 e. The highest BCUT2D eigenvalue weighted by Gasteiger charge is 2.33. The van der Waals surface area contributed by atoms with E-state index in [2.05, 4.69) is 10.6 Å². The zero-order valence-electron chi connectivity index (χ0n) is 9.99. The molecule has 6 heteroatoms. The average molecular weight is 248 g/mol. The number of amides is 1. The Labute approximate surface area is 98.8 Å². The van der Waals surface area contributed by atoms with E-state index in [-0.39, 0.29) is 23.9 Å². The summed E-state index contributed by atoms with van der Waals surface area (Å²) in [6.45, 7) is 2.89. The van der Waals surface area contributed by atoms with Crippen LogP contribution in [-0.4, -0.2) is 54.5 Å². The lowest BCUT2D eigenvalue weighted by atomic mass is 10.0. The second-order valence-corrected chi connectivity index (χ2v) is 5.67. The van der Waals surface area contributed by atoms with Gasteiger partial charge in [-0.05, 0) is 14.0 Å². The summed E-state index contributed by atoms with van der Waals surface area (Å²) < 4.78 is 16.3. The third-order valence-corrected chi connectivity index (χ3v) is 3.63. The van der Waals surface area contributed by atoms with Crippen molar-refractivity contribution in [3.63, 3.8) is 0 Å². The van der Waals surface area contributed by atoms with Gasteiger partial charge in [-0.3, -0.25) is 9.00 Å². The fraction of sp³-hybridized carbons (Fsp3) is 0.900. The number of carbonyl (C=O) groups excluding carboxylic acids is 1. The SMILES string of the molecule is CNC1COCC1C(=O)NC(C)CS(C)=O. The molecular weight excluding hydrogens is 228 g/mol. The molecule has 2 N–H and O–H groups in total. The second-order valence-electron chi connectivity index (χ2n) is 4.19. The highest BCUT2D eigenvalue weighted by atomic mass is 32.2. The molecule has 0 bridgehead atoms. The summed E-state index contributed by atoms with van der Waals surface area (Å²) in [4.78, 5) is 11.9. The van der Waals surface area contributed by atoms with Crippen LogP contribution in [0.4, 0.5) is 0 Å². The first-order valence-electron chi connectivity index (χ1n) is 5.40. The summed E-state index contributed by atoms with van der Waals surface area (Å²) in [5, 5.41) is 5.93. The highest BCUT2D eigenvalue weighted by molar-refractivity contribution is 7.84. The van der Waals surface area contributed by atoms with Gasteiger partial charge in [-0.1, -0.05) is 0 Å². The topological polar surface area (TPSA) is 67.4 Å². The first-order chi connectivity index (χ1) is 7.54. The summed E-state index contributed by atoms with van der Waals surface area (Å²) in [5.74, 6) is 0.330. The number of ether oxygens (including phenoxy) is 1. The Hall–Kier alpha value is -0.460. The Morgan fingerprint density at radius 2 is 2.25 bits per heavy atom.